The number of phenolic OH excluding ortho intramolecular Hbond substituents is 1. The van der Waals surface area contributed by atoms with Gasteiger partial charge in [0.05, 0.1) is 31.7 Å². The van der Waals surface area contributed by atoms with Gasteiger partial charge in [-0.2, -0.15) is 0 Å². The number of fused-ring (bicyclic) bond motifs is 4. The van der Waals surface area contributed by atoms with Crippen LogP contribution in [0.5, 0.6) is 17.2 Å². The molecule has 0 radical (unpaired) electrons. The lowest BCUT2D eigenvalue weighted by Crippen LogP contribution is -2.60. The maximum absolute atomic E-state index is 14.1. The van der Waals surface area contributed by atoms with Gasteiger partial charge in [0, 0.05) is 30.7 Å². The summed E-state index contributed by atoms with van der Waals surface area (Å²) in [4.78, 5) is 53.5. The molecule has 6 atom stereocenters. The SMILES string of the molecule is C=Cc1ccc(N2C(=O)[C@H]3[C@H](CC=C4[C@H]3C[C@@]3(Cl)C(=O)N(C)C(=O)[C@@]3(Cl)[C@H]4c3c(OC)cc(O)cc3OC)C2=O)cc1. The lowest BCUT2D eigenvalue weighted by Gasteiger charge is -2.51. The molecule has 0 unspecified atom stereocenters. The van der Waals surface area contributed by atoms with Gasteiger partial charge in [0.15, 0.2) is 9.75 Å². The minimum Gasteiger partial charge on any atom is -0.508 e. The van der Waals surface area contributed by atoms with E-state index in [0.717, 1.165) is 10.5 Å². The summed E-state index contributed by atoms with van der Waals surface area (Å²) in [5.74, 6) is -5.33. The second-order valence-corrected chi connectivity index (χ2v) is 12.3. The summed E-state index contributed by atoms with van der Waals surface area (Å²) in [6, 6.07) is 9.62. The second-order valence-electron chi connectivity index (χ2n) is 11.1. The number of alkyl halides is 2. The van der Waals surface area contributed by atoms with Crippen molar-refractivity contribution in [3.8, 4) is 17.2 Å². The fourth-order valence-electron chi connectivity index (χ4n) is 7.28. The Morgan fingerprint density at radius 1 is 0.976 bits per heavy atom. The molecule has 3 fully saturated rings. The van der Waals surface area contributed by atoms with Gasteiger partial charge in [0.25, 0.3) is 11.8 Å². The van der Waals surface area contributed by atoms with E-state index >= 15 is 0 Å². The van der Waals surface area contributed by atoms with Crippen molar-refractivity contribution < 1.29 is 33.8 Å². The van der Waals surface area contributed by atoms with Crippen molar-refractivity contribution in [3.63, 3.8) is 0 Å². The predicted octanol–water partition coefficient (Wildman–Crippen LogP) is 4.25. The summed E-state index contributed by atoms with van der Waals surface area (Å²) < 4.78 is 11.2. The van der Waals surface area contributed by atoms with Gasteiger partial charge >= 0.3 is 0 Å². The number of amides is 4. The van der Waals surface area contributed by atoms with Crippen molar-refractivity contribution in [1.29, 1.82) is 0 Å². The van der Waals surface area contributed by atoms with E-state index in [1.54, 1.807) is 30.3 Å². The first-order chi connectivity index (χ1) is 19.9. The van der Waals surface area contributed by atoms with Crippen molar-refractivity contribution in [1.82, 2.24) is 4.90 Å². The van der Waals surface area contributed by atoms with E-state index in [1.165, 1.54) is 38.3 Å². The van der Waals surface area contributed by atoms with Crippen LogP contribution < -0.4 is 14.4 Å². The number of halogens is 2. The molecular formula is C31H28Cl2N2O7. The molecule has 42 heavy (non-hydrogen) atoms. The molecule has 2 heterocycles. The first-order valence-electron chi connectivity index (χ1n) is 13.4. The van der Waals surface area contributed by atoms with Crippen LogP contribution in [0.2, 0.25) is 0 Å². The van der Waals surface area contributed by atoms with E-state index in [2.05, 4.69) is 6.58 Å². The van der Waals surface area contributed by atoms with E-state index in [4.69, 9.17) is 32.7 Å². The van der Waals surface area contributed by atoms with Crippen molar-refractivity contribution in [2.45, 2.75) is 28.5 Å². The van der Waals surface area contributed by atoms with Gasteiger partial charge < -0.3 is 14.6 Å². The standard InChI is InChI=1S/C31H28Cl2N2O7/c1-5-15-6-8-16(9-7-15)35-26(37)19-11-10-18-20(23(19)27(35)38)14-30(32)28(39)34(2)29(40)31(30,33)25(18)24-21(41-3)12-17(36)13-22(24)42-4/h5-10,12-13,19-20,23,25,36H,1,11,14H2,2-4H3/t19-,20+,23-,25+,30+,31-/m0/s1. The number of imide groups is 2. The van der Waals surface area contributed by atoms with E-state index in [0.29, 0.717) is 16.8 Å². The summed E-state index contributed by atoms with van der Waals surface area (Å²) in [6.07, 6.45) is 3.56. The molecule has 2 saturated heterocycles. The van der Waals surface area contributed by atoms with E-state index in [9.17, 15) is 24.3 Å². The predicted molar refractivity (Wildman–Crippen MR) is 156 cm³/mol. The Kier molecular flexibility index (Phi) is 6.47. The lowest BCUT2D eigenvalue weighted by atomic mass is 9.56. The molecule has 0 spiro atoms. The monoisotopic (exact) mass is 610 g/mol. The Morgan fingerprint density at radius 2 is 1.60 bits per heavy atom. The summed E-state index contributed by atoms with van der Waals surface area (Å²) in [6.45, 7) is 3.74. The third kappa shape index (κ3) is 3.50. The van der Waals surface area contributed by atoms with Gasteiger partial charge in [0.2, 0.25) is 11.8 Å². The quantitative estimate of drug-likeness (QED) is 0.306. The first-order valence-corrected chi connectivity index (χ1v) is 14.2. The molecule has 4 aliphatic rings. The number of methoxy groups -OCH3 is 2. The van der Waals surface area contributed by atoms with Crippen LogP contribution in [0.25, 0.3) is 6.08 Å². The summed E-state index contributed by atoms with van der Waals surface area (Å²) >= 11 is 14.5. The molecule has 9 nitrogen and oxygen atoms in total. The summed E-state index contributed by atoms with van der Waals surface area (Å²) in [5.41, 5.74) is 2.16. The van der Waals surface area contributed by atoms with Gasteiger partial charge in [-0.15, -0.1) is 23.2 Å². The lowest BCUT2D eigenvalue weighted by molar-refractivity contribution is -0.138. The number of ether oxygens (including phenoxy) is 2. The van der Waals surface area contributed by atoms with Gasteiger partial charge in [0.1, 0.15) is 17.2 Å². The van der Waals surface area contributed by atoms with Crippen LogP contribution in [-0.4, -0.2) is 64.7 Å². The third-order valence-electron chi connectivity index (χ3n) is 9.22. The number of allylic oxidation sites excluding steroid dienone is 2. The number of likely N-dealkylation sites (tertiary alicyclic amines) is 1. The molecule has 6 rings (SSSR count). The fourth-order valence-corrected chi connectivity index (χ4v) is 8.29. The third-order valence-corrected chi connectivity index (χ3v) is 10.6. The molecular weight excluding hydrogens is 583 g/mol. The van der Waals surface area contributed by atoms with Crippen LogP contribution in [0, 0.1) is 17.8 Å². The maximum Gasteiger partial charge on any atom is 0.253 e. The zero-order valence-corrected chi connectivity index (χ0v) is 24.6. The Balaban J connectivity index is 1.55. The Bertz CT molecular complexity index is 1580. The van der Waals surface area contributed by atoms with Crippen molar-refractivity contribution in [3.05, 3.63) is 65.8 Å². The highest BCUT2D eigenvalue weighted by Gasteiger charge is 2.76. The number of anilines is 1. The molecule has 11 heteroatoms. The average Bonchev–Trinajstić information content (AvgIpc) is 3.31. The zero-order valence-electron chi connectivity index (χ0n) is 23.1. The number of carbonyl (C=O) groups excluding carboxylic acids is 4. The van der Waals surface area contributed by atoms with Crippen molar-refractivity contribution >= 4 is 58.6 Å². The second kappa shape index (κ2) is 9.61. The fraction of sp³-hybridized carbons (Fsp3) is 0.355. The smallest absolute Gasteiger partial charge is 0.253 e. The minimum absolute atomic E-state index is 0.137. The number of hydrogen-bond donors (Lipinski definition) is 1. The minimum atomic E-state index is -2.01. The molecule has 2 aromatic rings. The highest BCUT2D eigenvalue weighted by molar-refractivity contribution is 6.53. The van der Waals surface area contributed by atoms with Crippen LogP contribution in [-0.2, 0) is 19.2 Å². The van der Waals surface area contributed by atoms with Gasteiger partial charge in [-0.1, -0.05) is 36.4 Å². The molecule has 2 aromatic carbocycles. The Morgan fingerprint density at radius 3 is 2.17 bits per heavy atom. The van der Waals surface area contributed by atoms with Crippen molar-refractivity contribution in [2.75, 3.05) is 26.2 Å². The van der Waals surface area contributed by atoms with Crippen LogP contribution in [0.4, 0.5) is 5.69 Å². The van der Waals surface area contributed by atoms with Crippen molar-refractivity contribution in [2.24, 2.45) is 17.8 Å². The molecule has 2 aliphatic carbocycles. The van der Waals surface area contributed by atoms with Gasteiger partial charge in [-0.3, -0.25) is 29.0 Å². The maximum atomic E-state index is 14.1. The topological polar surface area (TPSA) is 113 Å². The Labute approximate surface area is 252 Å². The van der Waals surface area contributed by atoms with E-state index in [-0.39, 0.29) is 36.0 Å². The highest BCUT2D eigenvalue weighted by Crippen LogP contribution is 2.67. The number of hydrogen-bond acceptors (Lipinski definition) is 7. The van der Waals surface area contributed by atoms with Gasteiger partial charge in [-0.25, -0.2) is 0 Å². The molecule has 2 aliphatic heterocycles. The van der Waals surface area contributed by atoms with Crippen LogP contribution >= 0.6 is 23.2 Å². The number of carbonyl (C=O) groups is 4. The molecule has 1 saturated carbocycles. The summed E-state index contributed by atoms with van der Waals surface area (Å²) in [7, 11) is 4.10. The largest absolute Gasteiger partial charge is 0.508 e. The van der Waals surface area contributed by atoms with E-state index < -0.39 is 51.1 Å². The zero-order chi connectivity index (χ0) is 30.3. The molecule has 0 aromatic heterocycles. The molecule has 218 valence electrons. The molecule has 1 N–H and O–H groups in total. The summed E-state index contributed by atoms with van der Waals surface area (Å²) in [5, 5.41) is 10.4. The highest BCUT2D eigenvalue weighted by atomic mass is 35.5. The number of rotatable bonds is 5. The normalized spacial score (nSPS) is 31.9. The number of aromatic hydroxyl groups is 1. The number of phenols is 1. The first kappa shape index (κ1) is 28.3. The average molecular weight is 611 g/mol. The molecule has 0 bridgehead atoms. The number of benzene rings is 2. The van der Waals surface area contributed by atoms with Crippen LogP contribution in [0.3, 0.4) is 0 Å². The van der Waals surface area contributed by atoms with Crippen LogP contribution in [0.15, 0.2) is 54.6 Å². The van der Waals surface area contributed by atoms with E-state index in [1.807, 2.05) is 6.08 Å². The van der Waals surface area contributed by atoms with Crippen LogP contribution in [0.1, 0.15) is 29.9 Å². The molecule has 4 amide bonds. The van der Waals surface area contributed by atoms with Gasteiger partial charge in [-0.05, 0) is 36.5 Å². The Hall–Kier alpha value is -3.82. The number of nitrogens with zero attached hydrogens (tertiary/aromatic N) is 2.